The van der Waals surface area contributed by atoms with Crippen LogP contribution in [-0.2, 0) is 4.79 Å². The van der Waals surface area contributed by atoms with Crippen molar-refractivity contribution in [2.24, 2.45) is 0 Å². The van der Waals surface area contributed by atoms with Gasteiger partial charge < -0.3 is 9.47 Å². The van der Waals surface area contributed by atoms with Crippen molar-refractivity contribution >= 4 is 11.8 Å². The van der Waals surface area contributed by atoms with E-state index in [4.69, 9.17) is 9.47 Å². The molecular weight excluding hydrogens is 320 g/mol. The van der Waals surface area contributed by atoms with Gasteiger partial charge in [-0.25, -0.2) is 0 Å². The molecule has 0 spiro atoms. The fraction of sp³-hybridized carbons (Fsp3) is 0.263. The van der Waals surface area contributed by atoms with E-state index in [2.05, 4.69) is 10.9 Å². The van der Waals surface area contributed by atoms with E-state index >= 15 is 0 Å². The largest absolute Gasteiger partial charge is 0.497 e. The van der Waals surface area contributed by atoms with E-state index in [1.807, 2.05) is 32.0 Å². The molecule has 6 heteroatoms. The van der Waals surface area contributed by atoms with E-state index in [1.165, 1.54) is 0 Å². The van der Waals surface area contributed by atoms with Crippen LogP contribution in [0.5, 0.6) is 11.5 Å². The number of hydrogen-bond acceptors (Lipinski definition) is 4. The Bertz CT molecular complexity index is 736. The number of rotatable bonds is 5. The van der Waals surface area contributed by atoms with Crippen molar-refractivity contribution < 1.29 is 19.1 Å². The Hall–Kier alpha value is -3.02. The molecule has 6 nitrogen and oxygen atoms in total. The fourth-order valence-corrected chi connectivity index (χ4v) is 2.25. The third-order valence-corrected chi connectivity index (χ3v) is 3.72. The Kier molecular flexibility index (Phi) is 6.00. The number of hydrogen-bond donors (Lipinski definition) is 2. The Balaban J connectivity index is 1.91. The summed E-state index contributed by atoms with van der Waals surface area (Å²) in [5, 5.41) is 0. The lowest BCUT2D eigenvalue weighted by atomic mass is 10.1. The van der Waals surface area contributed by atoms with Gasteiger partial charge in [0, 0.05) is 5.56 Å². The molecule has 2 aromatic rings. The molecule has 0 fully saturated rings. The minimum atomic E-state index is -0.754. The second-order valence-electron chi connectivity index (χ2n) is 5.65. The molecule has 0 saturated carbocycles. The number of methoxy groups -OCH3 is 1. The molecule has 25 heavy (non-hydrogen) atoms. The van der Waals surface area contributed by atoms with Gasteiger partial charge in [-0.15, -0.1) is 0 Å². The van der Waals surface area contributed by atoms with E-state index in [0.717, 1.165) is 11.1 Å². The SMILES string of the molecule is COc1ccc(C(=O)NNC(=O)C(C)Oc2c(C)cccc2C)cc1. The Morgan fingerprint density at radius 3 is 2.12 bits per heavy atom. The Morgan fingerprint density at radius 1 is 0.960 bits per heavy atom. The molecule has 1 unspecified atom stereocenters. The smallest absolute Gasteiger partial charge is 0.279 e. The highest BCUT2D eigenvalue weighted by Gasteiger charge is 2.17. The van der Waals surface area contributed by atoms with Gasteiger partial charge in [0.2, 0.25) is 0 Å². The van der Waals surface area contributed by atoms with Crippen LogP contribution in [0.25, 0.3) is 0 Å². The van der Waals surface area contributed by atoms with Crippen molar-refractivity contribution in [1.82, 2.24) is 10.9 Å². The first-order valence-electron chi connectivity index (χ1n) is 7.89. The minimum Gasteiger partial charge on any atom is -0.497 e. The standard InChI is InChI=1S/C19H22N2O4/c1-12-6-5-7-13(2)17(12)25-14(3)18(22)20-21-19(23)15-8-10-16(24-4)11-9-15/h5-11,14H,1-4H3,(H,20,22)(H,21,23). The number of ether oxygens (including phenoxy) is 2. The van der Waals surface area contributed by atoms with E-state index in [9.17, 15) is 9.59 Å². The second-order valence-corrected chi connectivity index (χ2v) is 5.65. The molecule has 2 rings (SSSR count). The second kappa shape index (κ2) is 8.19. The molecule has 2 N–H and O–H groups in total. The topological polar surface area (TPSA) is 76.7 Å². The van der Waals surface area contributed by atoms with E-state index in [-0.39, 0.29) is 0 Å². The highest BCUT2D eigenvalue weighted by atomic mass is 16.5. The molecular formula is C19H22N2O4. The van der Waals surface area contributed by atoms with Crippen LogP contribution < -0.4 is 20.3 Å². The summed E-state index contributed by atoms with van der Waals surface area (Å²) < 4.78 is 10.8. The lowest BCUT2D eigenvalue weighted by Crippen LogP contribution is -2.47. The van der Waals surface area contributed by atoms with Gasteiger partial charge in [-0.1, -0.05) is 18.2 Å². The fourth-order valence-electron chi connectivity index (χ4n) is 2.25. The van der Waals surface area contributed by atoms with Crippen LogP contribution in [0, 0.1) is 13.8 Å². The molecule has 0 radical (unpaired) electrons. The number of benzene rings is 2. The molecule has 0 saturated heterocycles. The summed E-state index contributed by atoms with van der Waals surface area (Å²) in [4.78, 5) is 24.2. The first-order valence-corrected chi connectivity index (χ1v) is 7.89. The summed E-state index contributed by atoms with van der Waals surface area (Å²) in [5.74, 6) is 0.461. The normalized spacial score (nSPS) is 11.4. The molecule has 0 heterocycles. The van der Waals surface area contributed by atoms with Crippen LogP contribution in [0.3, 0.4) is 0 Å². The third-order valence-electron chi connectivity index (χ3n) is 3.72. The van der Waals surface area contributed by atoms with Gasteiger partial charge in [0.1, 0.15) is 11.5 Å². The van der Waals surface area contributed by atoms with Crippen molar-refractivity contribution in [1.29, 1.82) is 0 Å². The monoisotopic (exact) mass is 342 g/mol. The zero-order valence-electron chi connectivity index (χ0n) is 14.8. The Labute approximate surface area is 147 Å². The molecule has 0 bridgehead atoms. The number of aryl methyl sites for hydroxylation is 2. The molecule has 0 aromatic heterocycles. The Morgan fingerprint density at radius 2 is 1.56 bits per heavy atom. The number of para-hydroxylation sites is 1. The van der Waals surface area contributed by atoms with Crippen LogP contribution >= 0.6 is 0 Å². The minimum absolute atomic E-state index is 0.407. The number of carbonyl (C=O) groups is 2. The third kappa shape index (κ3) is 4.73. The van der Waals surface area contributed by atoms with Crippen molar-refractivity contribution in [3.05, 3.63) is 59.2 Å². The zero-order valence-corrected chi connectivity index (χ0v) is 14.8. The van der Waals surface area contributed by atoms with Crippen molar-refractivity contribution in [3.8, 4) is 11.5 Å². The van der Waals surface area contributed by atoms with Gasteiger partial charge in [0.05, 0.1) is 7.11 Å². The maximum absolute atomic E-state index is 12.1. The predicted octanol–water partition coefficient (Wildman–Crippen LogP) is 2.54. The van der Waals surface area contributed by atoms with Gasteiger partial charge in [-0.3, -0.25) is 20.4 Å². The quantitative estimate of drug-likeness (QED) is 0.819. The van der Waals surface area contributed by atoms with Gasteiger partial charge in [-0.2, -0.15) is 0 Å². The number of amides is 2. The van der Waals surface area contributed by atoms with Crippen LogP contribution in [-0.4, -0.2) is 25.0 Å². The van der Waals surface area contributed by atoms with Crippen molar-refractivity contribution in [2.75, 3.05) is 7.11 Å². The van der Waals surface area contributed by atoms with Gasteiger partial charge in [0.15, 0.2) is 6.10 Å². The molecule has 2 amide bonds. The predicted molar refractivity (Wildman–Crippen MR) is 94.6 cm³/mol. The highest BCUT2D eigenvalue weighted by molar-refractivity contribution is 5.95. The van der Waals surface area contributed by atoms with Gasteiger partial charge in [0.25, 0.3) is 11.8 Å². The van der Waals surface area contributed by atoms with Crippen LogP contribution in [0.4, 0.5) is 0 Å². The van der Waals surface area contributed by atoms with Crippen molar-refractivity contribution in [2.45, 2.75) is 26.9 Å². The maximum Gasteiger partial charge on any atom is 0.279 e. The molecule has 2 aromatic carbocycles. The lowest BCUT2D eigenvalue weighted by molar-refractivity contribution is -0.128. The molecule has 132 valence electrons. The van der Waals surface area contributed by atoms with E-state index in [1.54, 1.807) is 38.3 Å². The molecule has 0 aliphatic heterocycles. The first-order chi connectivity index (χ1) is 11.9. The van der Waals surface area contributed by atoms with Crippen LogP contribution in [0.15, 0.2) is 42.5 Å². The number of carbonyl (C=O) groups excluding carboxylic acids is 2. The first kappa shape index (κ1) is 18.3. The number of hydrazine groups is 1. The average molecular weight is 342 g/mol. The van der Waals surface area contributed by atoms with E-state index in [0.29, 0.717) is 17.1 Å². The summed E-state index contributed by atoms with van der Waals surface area (Å²) in [5.41, 5.74) is 7.05. The maximum atomic E-state index is 12.1. The lowest BCUT2D eigenvalue weighted by Gasteiger charge is -2.18. The molecule has 0 aliphatic rings. The zero-order chi connectivity index (χ0) is 18.4. The summed E-state index contributed by atoms with van der Waals surface area (Å²) in [6, 6.07) is 12.3. The number of nitrogens with one attached hydrogen (secondary N) is 2. The van der Waals surface area contributed by atoms with Gasteiger partial charge >= 0.3 is 0 Å². The summed E-state index contributed by atoms with van der Waals surface area (Å²) in [6.45, 7) is 5.46. The van der Waals surface area contributed by atoms with E-state index < -0.39 is 17.9 Å². The molecule has 0 aliphatic carbocycles. The van der Waals surface area contributed by atoms with Crippen LogP contribution in [0.1, 0.15) is 28.4 Å². The van der Waals surface area contributed by atoms with Crippen molar-refractivity contribution in [3.63, 3.8) is 0 Å². The summed E-state index contributed by atoms with van der Waals surface area (Å²) >= 11 is 0. The average Bonchev–Trinajstić information content (AvgIpc) is 2.62. The molecule has 1 atom stereocenters. The summed E-state index contributed by atoms with van der Waals surface area (Å²) in [7, 11) is 1.55. The summed E-state index contributed by atoms with van der Waals surface area (Å²) in [6.07, 6.45) is -0.754. The van der Waals surface area contributed by atoms with Gasteiger partial charge in [-0.05, 0) is 56.2 Å². The van der Waals surface area contributed by atoms with Crippen LogP contribution in [0.2, 0.25) is 0 Å². The highest BCUT2D eigenvalue weighted by Crippen LogP contribution is 2.23.